The monoisotopic (exact) mass is 167 g/mol. The van der Waals surface area contributed by atoms with E-state index in [0.29, 0.717) is 18.5 Å². The summed E-state index contributed by atoms with van der Waals surface area (Å²) >= 11 is 0. The zero-order valence-corrected chi connectivity index (χ0v) is 7.16. The number of nitrogens with two attached hydrogens (primary N) is 1. The summed E-state index contributed by atoms with van der Waals surface area (Å²) in [5.74, 6) is 0.0669. The quantitative estimate of drug-likeness (QED) is 0.662. The van der Waals surface area contributed by atoms with Crippen LogP contribution in [-0.2, 0) is 6.54 Å². The first-order chi connectivity index (χ1) is 5.77. The fourth-order valence-corrected chi connectivity index (χ4v) is 0.956. The lowest BCUT2D eigenvalue weighted by atomic mass is 10.2. The largest absolute Gasteiger partial charge is 0.330 e. The second-order valence-electron chi connectivity index (χ2n) is 2.55. The van der Waals surface area contributed by atoms with Crippen molar-refractivity contribution in [3.05, 3.63) is 18.0 Å². The van der Waals surface area contributed by atoms with E-state index in [2.05, 4.69) is 5.10 Å². The molecular formula is C8H13N3O. The fraction of sp³-hybridized carbons (Fsp3) is 0.500. The third-order valence-electron chi connectivity index (χ3n) is 1.65. The van der Waals surface area contributed by atoms with E-state index in [0.717, 1.165) is 6.54 Å². The molecular weight excluding hydrogens is 154 g/mol. The first kappa shape index (κ1) is 8.93. The van der Waals surface area contributed by atoms with Gasteiger partial charge in [-0.1, -0.05) is 0 Å². The van der Waals surface area contributed by atoms with Crippen molar-refractivity contribution in [3.63, 3.8) is 0 Å². The van der Waals surface area contributed by atoms with Crippen LogP contribution < -0.4 is 5.73 Å². The molecule has 2 N–H and O–H groups in total. The van der Waals surface area contributed by atoms with E-state index >= 15 is 0 Å². The van der Waals surface area contributed by atoms with E-state index in [1.54, 1.807) is 17.1 Å². The summed E-state index contributed by atoms with van der Waals surface area (Å²) in [6, 6.07) is 0. The van der Waals surface area contributed by atoms with Crippen molar-refractivity contribution in [1.82, 2.24) is 9.78 Å². The zero-order valence-electron chi connectivity index (χ0n) is 7.16. The normalized spacial score (nSPS) is 10.2. The topological polar surface area (TPSA) is 60.9 Å². The van der Waals surface area contributed by atoms with Crippen molar-refractivity contribution in [2.75, 3.05) is 6.54 Å². The molecule has 0 aromatic carbocycles. The maximum absolute atomic E-state index is 11.2. The predicted octanol–water partition coefficient (Wildman–Crippen LogP) is 0.434. The Morgan fingerprint density at radius 3 is 3.00 bits per heavy atom. The molecule has 1 rings (SSSR count). The second-order valence-corrected chi connectivity index (χ2v) is 2.55. The van der Waals surface area contributed by atoms with E-state index in [9.17, 15) is 4.79 Å². The van der Waals surface area contributed by atoms with Crippen LogP contribution in [0.3, 0.4) is 0 Å². The van der Waals surface area contributed by atoms with E-state index in [1.165, 1.54) is 0 Å². The number of Topliss-reactive ketones (excluding diaryl/α,β-unsaturated/α-hetero) is 1. The lowest BCUT2D eigenvalue weighted by Crippen LogP contribution is -2.07. The van der Waals surface area contributed by atoms with Crippen molar-refractivity contribution in [2.24, 2.45) is 5.73 Å². The van der Waals surface area contributed by atoms with Gasteiger partial charge in [0.05, 0.1) is 11.8 Å². The second kappa shape index (κ2) is 4.01. The Kier molecular flexibility index (Phi) is 2.99. The Hall–Kier alpha value is -1.16. The number of carbonyl (C=O) groups is 1. The molecule has 1 heterocycles. The molecule has 1 aromatic heterocycles. The molecule has 66 valence electrons. The van der Waals surface area contributed by atoms with Crippen molar-refractivity contribution >= 4 is 5.78 Å². The zero-order chi connectivity index (χ0) is 8.97. The van der Waals surface area contributed by atoms with Crippen LogP contribution in [0.15, 0.2) is 12.4 Å². The molecule has 4 heteroatoms. The molecule has 0 aliphatic carbocycles. The highest BCUT2D eigenvalue weighted by Crippen LogP contribution is 2.01. The lowest BCUT2D eigenvalue weighted by Gasteiger charge is -1.92. The summed E-state index contributed by atoms with van der Waals surface area (Å²) in [5.41, 5.74) is 5.91. The van der Waals surface area contributed by atoms with Gasteiger partial charge >= 0.3 is 0 Å². The predicted molar refractivity (Wildman–Crippen MR) is 45.9 cm³/mol. The van der Waals surface area contributed by atoms with Gasteiger partial charge in [0, 0.05) is 19.2 Å². The van der Waals surface area contributed by atoms with Gasteiger partial charge < -0.3 is 5.73 Å². The van der Waals surface area contributed by atoms with Crippen LogP contribution in [0.5, 0.6) is 0 Å². The van der Waals surface area contributed by atoms with E-state index in [4.69, 9.17) is 5.73 Å². The minimum Gasteiger partial charge on any atom is -0.330 e. The van der Waals surface area contributed by atoms with Crippen LogP contribution in [0.25, 0.3) is 0 Å². The van der Waals surface area contributed by atoms with Gasteiger partial charge in [0.2, 0.25) is 0 Å². The third-order valence-corrected chi connectivity index (χ3v) is 1.65. The summed E-state index contributed by atoms with van der Waals surface area (Å²) < 4.78 is 1.73. The molecule has 1 aromatic rings. The van der Waals surface area contributed by atoms with Gasteiger partial charge in [-0.25, -0.2) is 0 Å². The summed E-state index contributed by atoms with van der Waals surface area (Å²) in [5, 5.41) is 3.99. The average molecular weight is 167 g/mol. The van der Waals surface area contributed by atoms with E-state index < -0.39 is 0 Å². The molecule has 0 saturated heterocycles. The van der Waals surface area contributed by atoms with Crippen molar-refractivity contribution in [1.29, 1.82) is 0 Å². The Morgan fingerprint density at radius 2 is 2.50 bits per heavy atom. The number of rotatable bonds is 4. The summed E-state index contributed by atoms with van der Waals surface area (Å²) in [7, 11) is 0. The number of nitrogens with zero attached hydrogens (tertiary/aromatic N) is 2. The molecule has 0 radical (unpaired) electrons. The summed E-state index contributed by atoms with van der Waals surface area (Å²) in [4.78, 5) is 11.2. The first-order valence-electron chi connectivity index (χ1n) is 4.03. The van der Waals surface area contributed by atoms with Gasteiger partial charge in [0.15, 0.2) is 5.78 Å². The molecule has 0 aliphatic rings. The molecule has 0 unspecified atom stereocenters. The van der Waals surface area contributed by atoms with Crippen LogP contribution in [0.2, 0.25) is 0 Å². The van der Waals surface area contributed by atoms with Crippen LogP contribution >= 0.6 is 0 Å². The van der Waals surface area contributed by atoms with E-state index in [-0.39, 0.29) is 5.78 Å². The SMILES string of the molecule is CCn1cc(C(=O)CCN)cn1. The van der Waals surface area contributed by atoms with Gasteiger partial charge in [-0.15, -0.1) is 0 Å². The smallest absolute Gasteiger partial charge is 0.167 e. The number of aromatic nitrogens is 2. The van der Waals surface area contributed by atoms with Crippen molar-refractivity contribution < 1.29 is 4.79 Å². The molecule has 0 atom stereocenters. The minimum absolute atomic E-state index is 0.0669. The summed E-state index contributed by atoms with van der Waals surface area (Å²) in [6.45, 7) is 3.16. The molecule has 0 amide bonds. The van der Waals surface area contributed by atoms with Gasteiger partial charge in [0.25, 0.3) is 0 Å². The van der Waals surface area contributed by atoms with Gasteiger partial charge in [-0.3, -0.25) is 9.48 Å². The molecule has 0 bridgehead atoms. The number of hydrogen-bond donors (Lipinski definition) is 1. The fourth-order valence-electron chi connectivity index (χ4n) is 0.956. The van der Waals surface area contributed by atoms with Crippen LogP contribution in [0.4, 0.5) is 0 Å². The highest BCUT2D eigenvalue weighted by atomic mass is 16.1. The van der Waals surface area contributed by atoms with Crippen molar-refractivity contribution in [3.8, 4) is 0 Å². The number of ketones is 1. The van der Waals surface area contributed by atoms with Crippen LogP contribution in [0.1, 0.15) is 23.7 Å². The third kappa shape index (κ3) is 1.92. The Morgan fingerprint density at radius 1 is 1.75 bits per heavy atom. The molecule has 12 heavy (non-hydrogen) atoms. The Bertz CT molecular complexity index is 267. The first-order valence-corrected chi connectivity index (χ1v) is 4.03. The number of carbonyl (C=O) groups excluding carboxylic acids is 1. The highest BCUT2D eigenvalue weighted by molar-refractivity contribution is 5.95. The number of hydrogen-bond acceptors (Lipinski definition) is 3. The number of aryl methyl sites for hydroxylation is 1. The van der Waals surface area contributed by atoms with Gasteiger partial charge in [0.1, 0.15) is 0 Å². The molecule has 0 fully saturated rings. The lowest BCUT2D eigenvalue weighted by molar-refractivity contribution is 0.0985. The Labute approximate surface area is 71.4 Å². The average Bonchev–Trinajstić information content (AvgIpc) is 2.52. The maximum Gasteiger partial charge on any atom is 0.167 e. The molecule has 0 saturated carbocycles. The summed E-state index contributed by atoms with van der Waals surface area (Å²) in [6.07, 6.45) is 3.73. The van der Waals surface area contributed by atoms with Crippen molar-refractivity contribution in [2.45, 2.75) is 19.9 Å². The maximum atomic E-state index is 11.2. The minimum atomic E-state index is 0.0669. The van der Waals surface area contributed by atoms with E-state index in [1.807, 2.05) is 6.92 Å². The Balaban J connectivity index is 2.68. The highest BCUT2D eigenvalue weighted by Gasteiger charge is 2.06. The molecule has 0 aliphatic heterocycles. The van der Waals surface area contributed by atoms with Gasteiger partial charge in [-0.05, 0) is 13.5 Å². The molecule has 4 nitrogen and oxygen atoms in total. The molecule has 0 spiro atoms. The standard InChI is InChI=1S/C8H13N3O/c1-2-11-6-7(5-10-11)8(12)3-4-9/h5-6H,2-4,9H2,1H3. The van der Waals surface area contributed by atoms with Crippen LogP contribution in [-0.4, -0.2) is 22.1 Å². The van der Waals surface area contributed by atoms with Gasteiger partial charge in [-0.2, -0.15) is 5.10 Å². The van der Waals surface area contributed by atoms with Crippen LogP contribution in [0, 0.1) is 0 Å².